The maximum absolute atomic E-state index is 12.9. The number of nitrogens with zero attached hydrogens (tertiary/aromatic N) is 1. The molecule has 3 amide bonds. The summed E-state index contributed by atoms with van der Waals surface area (Å²) < 4.78 is 0. The summed E-state index contributed by atoms with van der Waals surface area (Å²) in [5, 5.41) is 2.89. The van der Waals surface area contributed by atoms with E-state index in [4.69, 9.17) is 5.73 Å². The van der Waals surface area contributed by atoms with Gasteiger partial charge in [0, 0.05) is 12.2 Å². The number of rotatable bonds is 1. The zero-order chi connectivity index (χ0) is 15.0. The number of hydrogen-bond donors (Lipinski definition) is 2. The summed E-state index contributed by atoms with van der Waals surface area (Å²) in [5.74, 6) is 0.592. The van der Waals surface area contributed by atoms with Crippen LogP contribution in [0.3, 0.4) is 0 Å². The summed E-state index contributed by atoms with van der Waals surface area (Å²) in [6.07, 6.45) is 3.77. The number of benzene rings is 1. The van der Waals surface area contributed by atoms with Crippen molar-refractivity contribution in [2.45, 2.75) is 32.6 Å². The van der Waals surface area contributed by atoms with Crippen LogP contribution in [0.4, 0.5) is 16.2 Å². The molecule has 0 bridgehead atoms. The maximum atomic E-state index is 12.9. The minimum absolute atomic E-state index is 0.0667. The zero-order valence-electron chi connectivity index (χ0n) is 12.3. The first kappa shape index (κ1) is 13.9. The summed E-state index contributed by atoms with van der Waals surface area (Å²) in [6.45, 7) is 2.68. The molecule has 1 saturated carbocycles. The first-order valence-corrected chi connectivity index (χ1v) is 7.50. The fourth-order valence-electron chi connectivity index (χ4n) is 3.29. The average Bonchev–Trinajstić information content (AvgIpc) is 2.48. The van der Waals surface area contributed by atoms with Crippen LogP contribution in [0, 0.1) is 11.3 Å². The second-order valence-electron chi connectivity index (χ2n) is 6.35. The number of carbonyl (C=O) groups excluding carboxylic acids is 2. The molecule has 112 valence electrons. The number of carbonyl (C=O) groups is 2. The number of nitrogen functional groups attached to an aromatic ring is 1. The molecule has 2 aliphatic rings. The van der Waals surface area contributed by atoms with Crippen LogP contribution >= 0.6 is 0 Å². The van der Waals surface area contributed by atoms with Gasteiger partial charge in [0.15, 0.2) is 0 Å². The van der Waals surface area contributed by atoms with Gasteiger partial charge in [-0.15, -0.1) is 0 Å². The van der Waals surface area contributed by atoms with Crippen LogP contribution in [0.1, 0.15) is 32.6 Å². The van der Waals surface area contributed by atoms with Gasteiger partial charge in [-0.05, 0) is 55.9 Å². The third-order valence-electron chi connectivity index (χ3n) is 4.82. The van der Waals surface area contributed by atoms with E-state index in [0.29, 0.717) is 23.8 Å². The van der Waals surface area contributed by atoms with Crippen molar-refractivity contribution in [3.8, 4) is 0 Å². The van der Waals surface area contributed by atoms with Crippen LogP contribution in [0.25, 0.3) is 0 Å². The first-order chi connectivity index (χ1) is 10.0. The molecule has 1 aliphatic heterocycles. The number of nitrogens with one attached hydrogen (secondary N) is 1. The molecule has 1 saturated heterocycles. The van der Waals surface area contributed by atoms with Gasteiger partial charge in [0.2, 0.25) is 5.91 Å². The fraction of sp³-hybridized carbons (Fsp3) is 0.500. The Labute approximate surface area is 124 Å². The molecule has 3 rings (SSSR count). The van der Waals surface area contributed by atoms with Crippen LogP contribution < -0.4 is 16.0 Å². The summed E-state index contributed by atoms with van der Waals surface area (Å²) in [4.78, 5) is 26.4. The second-order valence-corrected chi connectivity index (χ2v) is 6.35. The standard InChI is InChI=1S/C16H21N3O2/c1-11-6-8-16(9-7-11)10-18-15(21)19(14(16)20)13-4-2-12(17)3-5-13/h2-5,11H,6-10,17H2,1H3,(H,18,21). The van der Waals surface area contributed by atoms with Gasteiger partial charge >= 0.3 is 6.03 Å². The van der Waals surface area contributed by atoms with Gasteiger partial charge in [0.1, 0.15) is 0 Å². The highest BCUT2D eigenvalue weighted by atomic mass is 16.2. The van der Waals surface area contributed by atoms with Crippen molar-refractivity contribution < 1.29 is 9.59 Å². The van der Waals surface area contributed by atoms with Crippen molar-refractivity contribution in [3.05, 3.63) is 24.3 Å². The molecule has 1 spiro atoms. The van der Waals surface area contributed by atoms with E-state index in [9.17, 15) is 9.59 Å². The van der Waals surface area contributed by atoms with Crippen LogP contribution in [0.2, 0.25) is 0 Å². The number of imide groups is 1. The zero-order valence-corrected chi connectivity index (χ0v) is 12.3. The lowest BCUT2D eigenvalue weighted by Crippen LogP contribution is -2.61. The van der Waals surface area contributed by atoms with Crippen molar-refractivity contribution in [2.75, 3.05) is 17.2 Å². The molecule has 1 heterocycles. The molecule has 0 unspecified atom stereocenters. The Balaban J connectivity index is 1.90. The van der Waals surface area contributed by atoms with E-state index in [0.717, 1.165) is 25.7 Å². The van der Waals surface area contributed by atoms with Crippen molar-refractivity contribution in [3.63, 3.8) is 0 Å². The van der Waals surface area contributed by atoms with Crippen LogP contribution in [-0.4, -0.2) is 18.5 Å². The quantitative estimate of drug-likeness (QED) is 0.779. The van der Waals surface area contributed by atoms with Gasteiger partial charge in [-0.25, -0.2) is 9.69 Å². The average molecular weight is 287 g/mol. The maximum Gasteiger partial charge on any atom is 0.328 e. The van der Waals surface area contributed by atoms with Gasteiger partial charge in [0.25, 0.3) is 0 Å². The molecule has 5 nitrogen and oxygen atoms in total. The van der Waals surface area contributed by atoms with Crippen molar-refractivity contribution in [2.24, 2.45) is 11.3 Å². The Morgan fingerprint density at radius 2 is 1.81 bits per heavy atom. The monoisotopic (exact) mass is 287 g/mol. The molecule has 1 aliphatic carbocycles. The Bertz CT molecular complexity index is 559. The summed E-state index contributed by atoms with van der Waals surface area (Å²) in [6, 6.07) is 6.52. The topological polar surface area (TPSA) is 75.4 Å². The van der Waals surface area contributed by atoms with E-state index in [-0.39, 0.29) is 11.9 Å². The van der Waals surface area contributed by atoms with Gasteiger partial charge in [-0.1, -0.05) is 6.92 Å². The van der Waals surface area contributed by atoms with Crippen molar-refractivity contribution >= 4 is 23.3 Å². The predicted octanol–water partition coefficient (Wildman–Crippen LogP) is 2.52. The summed E-state index contributed by atoms with van der Waals surface area (Å²) in [5.41, 5.74) is 6.45. The Kier molecular flexibility index (Phi) is 3.35. The Morgan fingerprint density at radius 1 is 1.19 bits per heavy atom. The minimum atomic E-state index is -0.429. The van der Waals surface area contributed by atoms with E-state index in [1.807, 2.05) is 0 Å². The minimum Gasteiger partial charge on any atom is -0.399 e. The number of hydrogen-bond acceptors (Lipinski definition) is 3. The van der Waals surface area contributed by atoms with E-state index in [2.05, 4.69) is 12.2 Å². The van der Waals surface area contributed by atoms with E-state index in [1.165, 1.54) is 4.90 Å². The normalized spacial score (nSPS) is 29.6. The van der Waals surface area contributed by atoms with Gasteiger partial charge in [-0.2, -0.15) is 0 Å². The molecule has 0 radical (unpaired) electrons. The Morgan fingerprint density at radius 3 is 2.43 bits per heavy atom. The largest absolute Gasteiger partial charge is 0.399 e. The van der Waals surface area contributed by atoms with Crippen LogP contribution in [0.5, 0.6) is 0 Å². The van der Waals surface area contributed by atoms with Crippen molar-refractivity contribution in [1.29, 1.82) is 0 Å². The highest BCUT2D eigenvalue weighted by molar-refractivity contribution is 6.18. The molecule has 0 aromatic heterocycles. The molecule has 3 N–H and O–H groups in total. The third kappa shape index (κ3) is 2.37. The Hall–Kier alpha value is -2.04. The SMILES string of the molecule is CC1CCC2(CC1)CNC(=O)N(c1ccc(N)cc1)C2=O. The third-order valence-corrected chi connectivity index (χ3v) is 4.82. The predicted molar refractivity (Wildman–Crippen MR) is 81.8 cm³/mol. The van der Waals surface area contributed by atoms with Crippen LogP contribution in [-0.2, 0) is 4.79 Å². The second kappa shape index (κ2) is 5.06. The molecule has 1 aromatic carbocycles. The lowest BCUT2D eigenvalue weighted by Gasteiger charge is -2.44. The number of anilines is 2. The molecule has 0 atom stereocenters. The van der Waals surface area contributed by atoms with E-state index in [1.54, 1.807) is 24.3 Å². The highest BCUT2D eigenvalue weighted by Gasteiger charge is 2.48. The fourth-order valence-corrected chi connectivity index (χ4v) is 3.29. The van der Waals surface area contributed by atoms with Gasteiger partial charge < -0.3 is 11.1 Å². The molecule has 21 heavy (non-hydrogen) atoms. The molecular formula is C16H21N3O2. The van der Waals surface area contributed by atoms with E-state index >= 15 is 0 Å². The lowest BCUT2D eigenvalue weighted by atomic mass is 9.69. The lowest BCUT2D eigenvalue weighted by molar-refractivity contribution is -0.130. The van der Waals surface area contributed by atoms with Gasteiger partial charge in [0.05, 0.1) is 11.1 Å². The molecular weight excluding hydrogens is 266 g/mol. The van der Waals surface area contributed by atoms with Crippen molar-refractivity contribution in [1.82, 2.24) is 5.32 Å². The molecule has 1 aromatic rings. The number of amides is 3. The van der Waals surface area contributed by atoms with Gasteiger partial charge in [-0.3, -0.25) is 4.79 Å². The smallest absolute Gasteiger partial charge is 0.328 e. The molecule has 2 fully saturated rings. The first-order valence-electron chi connectivity index (χ1n) is 7.50. The summed E-state index contributed by atoms with van der Waals surface area (Å²) >= 11 is 0. The van der Waals surface area contributed by atoms with E-state index < -0.39 is 5.41 Å². The van der Waals surface area contributed by atoms with Crippen LogP contribution in [0.15, 0.2) is 24.3 Å². The molecule has 5 heteroatoms. The number of urea groups is 1. The summed E-state index contributed by atoms with van der Waals surface area (Å²) in [7, 11) is 0. The number of nitrogens with two attached hydrogens (primary N) is 1. The highest BCUT2D eigenvalue weighted by Crippen LogP contribution is 2.42.